The Morgan fingerprint density at radius 1 is 1.17 bits per heavy atom. The Bertz CT molecular complexity index is 863. The molecule has 1 aromatic heterocycles. The maximum absolute atomic E-state index is 11.9. The minimum atomic E-state index is 0.0139. The number of ether oxygens (including phenoxy) is 2. The fourth-order valence-corrected chi connectivity index (χ4v) is 3.62. The maximum atomic E-state index is 11.9. The van der Waals surface area contributed by atoms with Crippen LogP contribution in [0.2, 0.25) is 0 Å². The van der Waals surface area contributed by atoms with Crippen molar-refractivity contribution in [3.05, 3.63) is 70.1 Å². The second-order valence-corrected chi connectivity index (χ2v) is 7.55. The van der Waals surface area contributed by atoms with Gasteiger partial charge in [0.2, 0.25) is 0 Å². The number of rotatable bonds is 9. The molecule has 1 saturated heterocycles. The standard InChI is InChI=1S/C23H32N4O3/c1-24-23(27-12-10-21(17-27)18-30-14-13-29-2)25-15-19-6-8-20(9-7-19)16-26-11-4-3-5-22(26)28/h3-9,11,21H,10,12-18H2,1-2H3,(H,24,25). The Balaban J connectivity index is 1.46. The minimum Gasteiger partial charge on any atom is -0.382 e. The molecule has 1 N–H and O–H groups in total. The van der Waals surface area contributed by atoms with Crippen LogP contribution in [0.4, 0.5) is 0 Å². The molecule has 1 unspecified atom stereocenters. The summed E-state index contributed by atoms with van der Waals surface area (Å²) in [6.45, 7) is 5.29. The molecular weight excluding hydrogens is 380 g/mol. The lowest BCUT2D eigenvalue weighted by molar-refractivity contribution is 0.0536. The van der Waals surface area contributed by atoms with Gasteiger partial charge in [-0.2, -0.15) is 0 Å². The summed E-state index contributed by atoms with van der Waals surface area (Å²) in [5, 5.41) is 3.46. The van der Waals surface area contributed by atoms with Gasteiger partial charge in [-0.3, -0.25) is 9.79 Å². The monoisotopic (exact) mass is 412 g/mol. The van der Waals surface area contributed by atoms with Gasteiger partial charge in [-0.05, 0) is 23.6 Å². The van der Waals surface area contributed by atoms with Crippen LogP contribution < -0.4 is 10.9 Å². The van der Waals surface area contributed by atoms with Crippen LogP contribution in [0.15, 0.2) is 58.4 Å². The summed E-state index contributed by atoms with van der Waals surface area (Å²) < 4.78 is 12.4. The molecular formula is C23H32N4O3. The normalized spacial score (nSPS) is 16.8. The van der Waals surface area contributed by atoms with E-state index in [0.29, 0.717) is 32.2 Å². The van der Waals surface area contributed by atoms with Crippen molar-refractivity contribution >= 4 is 5.96 Å². The number of likely N-dealkylation sites (tertiary alicyclic amines) is 1. The smallest absolute Gasteiger partial charge is 0.250 e. The van der Waals surface area contributed by atoms with E-state index in [1.165, 1.54) is 5.56 Å². The molecule has 1 fully saturated rings. The zero-order chi connectivity index (χ0) is 21.2. The molecule has 0 spiro atoms. The molecule has 0 radical (unpaired) electrons. The largest absolute Gasteiger partial charge is 0.382 e. The predicted octanol–water partition coefficient (Wildman–Crippen LogP) is 1.96. The third kappa shape index (κ3) is 6.43. The van der Waals surface area contributed by atoms with Crippen LogP contribution in [0.25, 0.3) is 0 Å². The van der Waals surface area contributed by atoms with Crippen LogP contribution >= 0.6 is 0 Å². The summed E-state index contributed by atoms with van der Waals surface area (Å²) in [7, 11) is 3.51. The Kier molecular flexibility index (Phi) is 8.47. The molecule has 7 heteroatoms. The van der Waals surface area contributed by atoms with Crippen molar-refractivity contribution in [2.24, 2.45) is 10.9 Å². The first-order valence-electron chi connectivity index (χ1n) is 10.4. The number of nitrogens with one attached hydrogen (secondary N) is 1. The summed E-state index contributed by atoms with van der Waals surface area (Å²) in [5.41, 5.74) is 2.30. The molecule has 1 aliphatic heterocycles. The number of aliphatic imine (C=N–C) groups is 1. The zero-order valence-corrected chi connectivity index (χ0v) is 17.9. The number of benzene rings is 1. The van der Waals surface area contributed by atoms with Crippen molar-refractivity contribution in [1.82, 2.24) is 14.8 Å². The number of guanidine groups is 1. The van der Waals surface area contributed by atoms with E-state index in [4.69, 9.17) is 9.47 Å². The number of hydrogen-bond acceptors (Lipinski definition) is 4. The van der Waals surface area contributed by atoms with Gasteiger partial charge in [0.05, 0.1) is 26.4 Å². The third-order valence-corrected chi connectivity index (χ3v) is 5.31. The van der Waals surface area contributed by atoms with Crippen LogP contribution in [0.3, 0.4) is 0 Å². The number of pyridine rings is 1. The van der Waals surface area contributed by atoms with Crippen LogP contribution in [-0.4, -0.2) is 62.5 Å². The molecule has 0 amide bonds. The highest BCUT2D eigenvalue weighted by Crippen LogP contribution is 2.17. The van der Waals surface area contributed by atoms with Crippen molar-refractivity contribution in [1.29, 1.82) is 0 Å². The van der Waals surface area contributed by atoms with Crippen molar-refractivity contribution in [2.45, 2.75) is 19.5 Å². The van der Waals surface area contributed by atoms with E-state index in [1.54, 1.807) is 23.8 Å². The third-order valence-electron chi connectivity index (χ3n) is 5.31. The van der Waals surface area contributed by atoms with Crippen LogP contribution in [-0.2, 0) is 22.6 Å². The Hall–Kier alpha value is -2.64. The van der Waals surface area contributed by atoms with Gasteiger partial charge in [0.15, 0.2) is 5.96 Å². The van der Waals surface area contributed by atoms with Crippen LogP contribution in [0, 0.1) is 5.92 Å². The van der Waals surface area contributed by atoms with Gasteiger partial charge < -0.3 is 24.3 Å². The van der Waals surface area contributed by atoms with E-state index < -0.39 is 0 Å². The Labute approximate surface area is 178 Å². The fourth-order valence-electron chi connectivity index (χ4n) is 3.62. The molecule has 0 aliphatic carbocycles. The molecule has 1 aromatic carbocycles. The average molecular weight is 413 g/mol. The number of methoxy groups -OCH3 is 1. The SMILES string of the molecule is CN=C(NCc1ccc(Cn2ccccc2=O)cc1)N1CCC(COCCOC)C1. The lowest BCUT2D eigenvalue weighted by Gasteiger charge is -2.22. The van der Waals surface area contributed by atoms with E-state index in [1.807, 2.05) is 19.3 Å². The Morgan fingerprint density at radius 3 is 2.70 bits per heavy atom. The summed E-state index contributed by atoms with van der Waals surface area (Å²) in [4.78, 5) is 18.6. The fraction of sp³-hybridized carbons (Fsp3) is 0.478. The van der Waals surface area contributed by atoms with E-state index in [9.17, 15) is 4.79 Å². The quantitative estimate of drug-likeness (QED) is 0.387. The van der Waals surface area contributed by atoms with Gasteiger partial charge >= 0.3 is 0 Å². The van der Waals surface area contributed by atoms with Gasteiger partial charge in [0, 0.05) is 52.0 Å². The van der Waals surface area contributed by atoms with Crippen LogP contribution in [0.1, 0.15) is 17.5 Å². The highest BCUT2D eigenvalue weighted by Gasteiger charge is 2.24. The molecule has 30 heavy (non-hydrogen) atoms. The van der Waals surface area contributed by atoms with Crippen molar-refractivity contribution in [2.75, 3.05) is 47.1 Å². The summed E-state index contributed by atoms with van der Waals surface area (Å²) in [6, 6.07) is 13.6. The van der Waals surface area contributed by atoms with E-state index in [-0.39, 0.29) is 5.56 Å². The molecule has 162 valence electrons. The molecule has 0 saturated carbocycles. The predicted molar refractivity (Wildman–Crippen MR) is 119 cm³/mol. The van der Waals surface area contributed by atoms with Gasteiger partial charge in [0.25, 0.3) is 5.56 Å². The van der Waals surface area contributed by atoms with Gasteiger partial charge in [0.1, 0.15) is 0 Å². The zero-order valence-electron chi connectivity index (χ0n) is 17.9. The first-order chi connectivity index (χ1) is 14.7. The minimum absolute atomic E-state index is 0.0139. The van der Waals surface area contributed by atoms with Gasteiger partial charge in [-0.25, -0.2) is 0 Å². The lowest BCUT2D eigenvalue weighted by atomic mass is 10.1. The molecule has 0 bridgehead atoms. The topological polar surface area (TPSA) is 68.1 Å². The molecule has 3 rings (SSSR count). The first kappa shape index (κ1) is 22.1. The number of hydrogen-bond donors (Lipinski definition) is 1. The number of aromatic nitrogens is 1. The Morgan fingerprint density at radius 2 is 1.97 bits per heavy atom. The number of nitrogens with zero attached hydrogens (tertiary/aromatic N) is 3. The van der Waals surface area contributed by atoms with E-state index in [2.05, 4.69) is 39.5 Å². The maximum Gasteiger partial charge on any atom is 0.250 e. The first-order valence-corrected chi connectivity index (χ1v) is 10.4. The average Bonchev–Trinajstić information content (AvgIpc) is 3.23. The van der Waals surface area contributed by atoms with E-state index in [0.717, 1.165) is 37.6 Å². The second kappa shape index (κ2) is 11.5. The van der Waals surface area contributed by atoms with Gasteiger partial charge in [-0.1, -0.05) is 30.3 Å². The highest BCUT2D eigenvalue weighted by atomic mass is 16.5. The van der Waals surface area contributed by atoms with Crippen molar-refractivity contribution in [3.63, 3.8) is 0 Å². The van der Waals surface area contributed by atoms with Crippen molar-refractivity contribution < 1.29 is 9.47 Å². The molecule has 2 heterocycles. The molecule has 7 nitrogen and oxygen atoms in total. The van der Waals surface area contributed by atoms with Crippen molar-refractivity contribution in [3.8, 4) is 0 Å². The van der Waals surface area contributed by atoms with Crippen LogP contribution in [0.5, 0.6) is 0 Å². The summed E-state index contributed by atoms with van der Waals surface area (Å²) >= 11 is 0. The highest BCUT2D eigenvalue weighted by molar-refractivity contribution is 5.80. The molecule has 1 aliphatic rings. The summed E-state index contributed by atoms with van der Waals surface area (Å²) in [6.07, 6.45) is 2.93. The van der Waals surface area contributed by atoms with E-state index >= 15 is 0 Å². The molecule has 1 atom stereocenters. The second-order valence-electron chi connectivity index (χ2n) is 7.55. The van der Waals surface area contributed by atoms with Gasteiger partial charge in [-0.15, -0.1) is 0 Å². The molecule has 2 aromatic rings. The lowest BCUT2D eigenvalue weighted by Crippen LogP contribution is -2.39. The summed E-state index contributed by atoms with van der Waals surface area (Å²) in [5.74, 6) is 1.45.